The van der Waals surface area contributed by atoms with Gasteiger partial charge in [-0.1, -0.05) is 18.6 Å². The summed E-state index contributed by atoms with van der Waals surface area (Å²) < 4.78 is 77.9. The summed E-state index contributed by atoms with van der Waals surface area (Å²) in [5.41, 5.74) is -0.376. The molecule has 3 rings (SSSR count). The average Bonchev–Trinajstić information content (AvgIpc) is 3.11. The Kier molecular flexibility index (Phi) is 6.29. The zero-order chi connectivity index (χ0) is 22.1. The molecule has 12 heteroatoms. The molecule has 0 unspecified atom stereocenters. The van der Waals surface area contributed by atoms with E-state index in [9.17, 15) is 30.4 Å². The predicted molar refractivity (Wildman–Crippen MR) is 106 cm³/mol. The van der Waals surface area contributed by atoms with E-state index >= 15 is 0 Å². The fraction of sp³-hybridized carbons (Fsp3) is 0.389. The first-order valence-corrected chi connectivity index (χ1v) is 12.1. The number of aryl methyl sites for hydroxylation is 1. The zero-order valence-corrected chi connectivity index (χ0v) is 17.7. The molecule has 0 atom stereocenters. The number of nitrogens with zero attached hydrogens (tertiary/aromatic N) is 2. The van der Waals surface area contributed by atoms with Crippen LogP contribution >= 0.6 is 0 Å². The van der Waals surface area contributed by atoms with E-state index in [1.54, 1.807) is 0 Å². The van der Waals surface area contributed by atoms with Gasteiger partial charge in [0.1, 0.15) is 10.6 Å². The van der Waals surface area contributed by atoms with E-state index in [-0.39, 0.29) is 16.3 Å². The lowest BCUT2D eigenvalue weighted by Crippen LogP contribution is -2.35. The number of hydrogen-bond donors (Lipinski definition) is 1. The topological polar surface area (TPSA) is 106 Å². The van der Waals surface area contributed by atoms with E-state index in [0.717, 1.165) is 25.3 Å². The van der Waals surface area contributed by atoms with Gasteiger partial charge in [0.05, 0.1) is 10.6 Å². The van der Waals surface area contributed by atoms with Crippen molar-refractivity contribution in [3.05, 3.63) is 42.2 Å². The van der Waals surface area contributed by atoms with E-state index in [4.69, 9.17) is 0 Å². The van der Waals surface area contributed by atoms with Crippen LogP contribution in [0.5, 0.6) is 0 Å². The van der Waals surface area contributed by atoms with Gasteiger partial charge in [0, 0.05) is 26.3 Å². The molecular weight excluding hydrogens is 440 g/mol. The average molecular weight is 462 g/mol. The molecule has 1 amide bonds. The standard InChI is InChI=1S/C18H21F2N3O5S2/c1-22-12-13(30(27,28)23-9-5-2-6-10-23)11-15(22)17(24)21-14-7-3-4-8-16(14)29(25,26)18(19)20/h3-4,7-8,11-12,18H,2,5-6,9-10H2,1H3,(H,21,24). The van der Waals surface area contributed by atoms with E-state index < -0.39 is 36.4 Å². The summed E-state index contributed by atoms with van der Waals surface area (Å²) in [5.74, 6) is -4.47. The molecule has 1 aromatic carbocycles. The summed E-state index contributed by atoms with van der Waals surface area (Å²) in [6.07, 6.45) is 3.76. The van der Waals surface area contributed by atoms with Crippen LogP contribution in [0, 0.1) is 0 Å². The lowest BCUT2D eigenvalue weighted by molar-refractivity contribution is 0.101. The Morgan fingerprint density at radius 3 is 2.33 bits per heavy atom. The summed E-state index contributed by atoms with van der Waals surface area (Å²) in [6, 6.07) is 5.98. The van der Waals surface area contributed by atoms with Crippen LogP contribution in [0.25, 0.3) is 0 Å². The fourth-order valence-electron chi connectivity index (χ4n) is 3.26. The first-order chi connectivity index (χ1) is 14.0. The number of amides is 1. The monoisotopic (exact) mass is 461 g/mol. The Bertz CT molecular complexity index is 1150. The van der Waals surface area contributed by atoms with Gasteiger partial charge in [-0.25, -0.2) is 16.8 Å². The highest BCUT2D eigenvalue weighted by Gasteiger charge is 2.31. The minimum Gasteiger partial charge on any atom is -0.345 e. The number of carbonyl (C=O) groups is 1. The number of nitrogens with one attached hydrogen (secondary N) is 1. The minimum atomic E-state index is -4.94. The molecule has 0 radical (unpaired) electrons. The molecule has 0 bridgehead atoms. The lowest BCUT2D eigenvalue weighted by Gasteiger charge is -2.25. The maximum atomic E-state index is 12.9. The van der Waals surface area contributed by atoms with Gasteiger partial charge in [-0.05, 0) is 31.0 Å². The number of anilines is 1. The molecule has 1 aliphatic rings. The van der Waals surface area contributed by atoms with Crippen LogP contribution in [0.3, 0.4) is 0 Å². The van der Waals surface area contributed by atoms with Crippen molar-refractivity contribution in [2.24, 2.45) is 7.05 Å². The lowest BCUT2D eigenvalue weighted by atomic mass is 10.2. The van der Waals surface area contributed by atoms with Crippen LogP contribution in [-0.4, -0.2) is 50.5 Å². The van der Waals surface area contributed by atoms with Crippen LogP contribution in [0.1, 0.15) is 29.8 Å². The highest BCUT2D eigenvalue weighted by Crippen LogP contribution is 2.27. The number of alkyl halides is 2. The first kappa shape index (κ1) is 22.4. The van der Waals surface area contributed by atoms with Crippen molar-refractivity contribution in [2.75, 3.05) is 18.4 Å². The molecule has 2 heterocycles. The minimum absolute atomic E-state index is 0.0603. The van der Waals surface area contributed by atoms with Crippen LogP contribution in [0.4, 0.5) is 14.5 Å². The molecule has 0 spiro atoms. The third-order valence-corrected chi connectivity index (χ3v) is 8.14. The summed E-state index contributed by atoms with van der Waals surface area (Å²) >= 11 is 0. The molecule has 0 saturated carbocycles. The van der Waals surface area contributed by atoms with E-state index in [1.807, 2.05) is 0 Å². The molecule has 1 saturated heterocycles. The Balaban J connectivity index is 1.90. The summed E-state index contributed by atoms with van der Waals surface area (Å²) in [5, 5.41) is 2.29. The van der Waals surface area contributed by atoms with Crippen molar-refractivity contribution in [1.82, 2.24) is 8.87 Å². The van der Waals surface area contributed by atoms with Crippen LogP contribution in [-0.2, 0) is 26.9 Å². The molecule has 1 N–H and O–H groups in total. The summed E-state index contributed by atoms with van der Waals surface area (Å²) in [4.78, 5) is 11.9. The van der Waals surface area contributed by atoms with Crippen LogP contribution in [0.2, 0.25) is 0 Å². The third-order valence-electron chi connectivity index (χ3n) is 4.84. The zero-order valence-electron chi connectivity index (χ0n) is 16.1. The van der Waals surface area contributed by atoms with Gasteiger partial charge < -0.3 is 9.88 Å². The second kappa shape index (κ2) is 8.44. The van der Waals surface area contributed by atoms with E-state index in [2.05, 4.69) is 5.32 Å². The molecular formula is C18H21F2N3O5S2. The number of halogens is 2. The number of benzene rings is 1. The Morgan fingerprint density at radius 2 is 1.70 bits per heavy atom. The molecule has 8 nitrogen and oxygen atoms in total. The molecule has 30 heavy (non-hydrogen) atoms. The maximum Gasteiger partial charge on any atom is 0.341 e. The van der Waals surface area contributed by atoms with Gasteiger partial charge in [-0.2, -0.15) is 13.1 Å². The Labute approximate surface area is 173 Å². The number of piperidine rings is 1. The van der Waals surface area contributed by atoms with Crippen LogP contribution in [0.15, 0.2) is 46.3 Å². The van der Waals surface area contributed by atoms with Crippen molar-refractivity contribution in [3.63, 3.8) is 0 Å². The molecule has 0 aliphatic carbocycles. The number of sulfonamides is 1. The molecule has 1 aliphatic heterocycles. The summed E-state index contributed by atoms with van der Waals surface area (Å²) in [6.45, 7) is 0.801. The number of sulfone groups is 1. The third kappa shape index (κ3) is 4.25. The normalized spacial score (nSPS) is 16.0. The van der Waals surface area contributed by atoms with Crippen molar-refractivity contribution >= 4 is 31.5 Å². The van der Waals surface area contributed by atoms with Gasteiger partial charge >= 0.3 is 5.76 Å². The molecule has 1 aromatic heterocycles. The van der Waals surface area contributed by atoms with Gasteiger partial charge in [-0.15, -0.1) is 0 Å². The highest BCUT2D eigenvalue weighted by molar-refractivity contribution is 7.91. The predicted octanol–water partition coefficient (Wildman–Crippen LogP) is 2.45. The van der Waals surface area contributed by atoms with E-state index in [0.29, 0.717) is 13.1 Å². The van der Waals surface area contributed by atoms with E-state index in [1.165, 1.54) is 46.4 Å². The second-order valence-corrected chi connectivity index (χ2v) is 10.7. The van der Waals surface area contributed by atoms with Gasteiger partial charge in [-0.3, -0.25) is 4.79 Å². The number of rotatable bonds is 6. The number of hydrogen-bond acceptors (Lipinski definition) is 5. The van der Waals surface area contributed by atoms with Gasteiger partial charge in [0.15, 0.2) is 0 Å². The van der Waals surface area contributed by atoms with Crippen molar-refractivity contribution < 1.29 is 30.4 Å². The Morgan fingerprint density at radius 1 is 1.07 bits per heavy atom. The highest BCUT2D eigenvalue weighted by atomic mass is 32.2. The quantitative estimate of drug-likeness (QED) is 0.711. The molecule has 2 aromatic rings. The SMILES string of the molecule is Cn1cc(S(=O)(=O)N2CCCCC2)cc1C(=O)Nc1ccccc1S(=O)(=O)C(F)F. The van der Waals surface area contributed by atoms with Gasteiger partial charge in [0.25, 0.3) is 5.91 Å². The molecule has 1 fully saturated rings. The smallest absolute Gasteiger partial charge is 0.341 e. The van der Waals surface area contributed by atoms with Crippen molar-refractivity contribution in [2.45, 2.75) is 34.8 Å². The first-order valence-electron chi connectivity index (χ1n) is 9.14. The second-order valence-electron chi connectivity index (χ2n) is 6.89. The number of carbonyl (C=O) groups excluding carboxylic acids is 1. The largest absolute Gasteiger partial charge is 0.345 e. The number of para-hydroxylation sites is 1. The summed E-state index contributed by atoms with van der Waals surface area (Å²) in [7, 11) is -7.25. The Hall–Kier alpha value is -2.31. The maximum absolute atomic E-state index is 12.9. The van der Waals surface area contributed by atoms with Gasteiger partial charge in [0.2, 0.25) is 19.9 Å². The fourth-order valence-corrected chi connectivity index (χ4v) is 5.73. The van der Waals surface area contributed by atoms with Crippen LogP contribution < -0.4 is 5.32 Å². The van der Waals surface area contributed by atoms with Crippen molar-refractivity contribution in [1.29, 1.82) is 0 Å². The number of aromatic nitrogens is 1. The molecule has 164 valence electrons. The van der Waals surface area contributed by atoms with Crippen molar-refractivity contribution in [3.8, 4) is 0 Å².